The lowest BCUT2D eigenvalue weighted by Gasteiger charge is -2.12. The fourth-order valence-electron chi connectivity index (χ4n) is 1.68. The minimum atomic E-state index is -0.0525. The van der Waals surface area contributed by atoms with Gasteiger partial charge in [-0.05, 0) is 25.0 Å². The van der Waals surface area contributed by atoms with Crippen molar-refractivity contribution < 1.29 is 4.79 Å². The number of hydrogen-bond donors (Lipinski definition) is 2. The average molecular weight is 249 g/mol. The normalized spacial score (nSPS) is 10.2. The molecular formula is C14H23N3O. The Kier molecular flexibility index (Phi) is 5.65. The summed E-state index contributed by atoms with van der Waals surface area (Å²) in [7, 11) is 3.47. The van der Waals surface area contributed by atoms with E-state index in [1.54, 1.807) is 14.1 Å². The van der Waals surface area contributed by atoms with Crippen LogP contribution in [0.15, 0.2) is 18.2 Å². The van der Waals surface area contributed by atoms with Crippen molar-refractivity contribution in [2.75, 3.05) is 27.2 Å². The van der Waals surface area contributed by atoms with Crippen LogP contribution in [0.5, 0.6) is 0 Å². The highest BCUT2D eigenvalue weighted by Crippen LogP contribution is 2.09. The highest BCUT2D eigenvalue weighted by atomic mass is 16.2. The van der Waals surface area contributed by atoms with Gasteiger partial charge < -0.3 is 15.5 Å². The molecule has 0 unspecified atom stereocenters. The fraction of sp³-hybridized carbons (Fsp3) is 0.500. The fourth-order valence-corrected chi connectivity index (χ4v) is 1.68. The zero-order chi connectivity index (χ0) is 13.5. The van der Waals surface area contributed by atoms with Crippen LogP contribution in [0, 0.1) is 13.8 Å². The summed E-state index contributed by atoms with van der Waals surface area (Å²) in [6.07, 6.45) is 0. The monoisotopic (exact) mass is 249 g/mol. The lowest BCUT2D eigenvalue weighted by atomic mass is 10.1. The van der Waals surface area contributed by atoms with Gasteiger partial charge in [0.25, 0.3) is 0 Å². The van der Waals surface area contributed by atoms with Crippen LogP contribution < -0.4 is 10.6 Å². The van der Waals surface area contributed by atoms with Crippen LogP contribution in [0.4, 0.5) is 4.79 Å². The summed E-state index contributed by atoms with van der Waals surface area (Å²) in [6.45, 7) is 6.47. The van der Waals surface area contributed by atoms with E-state index in [2.05, 4.69) is 42.7 Å². The van der Waals surface area contributed by atoms with Gasteiger partial charge in [0.2, 0.25) is 0 Å². The van der Waals surface area contributed by atoms with Crippen LogP contribution in [0.25, 0.3) is 0 Å². The van der Waals surface area contributed by atoms with E-state index in [9.17, 15) is 4.79 Å². The number of nitrogens with one attached hydrogen (secondary N) is 2. The second-order valence-corrected chi connectivity index (χ2v) is 4.73. The molecule has 1 rings (SSSR count). The summed E-state index contributed by atoms with van der Waals surface area (Å²) in [4.78, 5) is 12.8. The molecule has 0 fully saturated rings. The first-order valence-corrected chi connectivity index (χ1v) is 6.22. The van der Waals surface area contributed by atoms with Crippen molar-refractivity contribution in [3.8, 4) is 0 Å². The molecular weight excluding hydrogens is 226 g/mol. The van der Waals surface area contributed by atoms with Gasteiger partial charge in [0.15, 0.2) is 0 Å². The van der Waals surface area contributed by atoms with Crippen molar-refractivity contribution in [2.24, 2.45) is 0 Å². The summed E-state index contributed by atoms with van der Waals surface area (Å²) in [5.74, 6) is 0. The second-order valence-electron chi connectivity index (χ2n) is 4.73. The molecule has 1 aromatic rings. The highest BCUT2D eigenvalue weighted by Gasteiger charge is 2.01. The zero-order valence-corrected chi connectivity index (χ0v) is 11.7. The predicted octanol–water partition coefficient (Wildman–Crippen LogP) is 1.66. The van der Waals surface area contributed by atoms with Crippen LogP contribution in [0.1, 0.15) is 16.7 Å². The molecule has 4 heteroatoms. The van der Waals surface area contributed by atoms with Gasteiger partial charge in [-0.1, -0.05) is 23.8 Å². The molecule has 0 aliphatic carbocycles. The van der Waals surface area contributed by atoms with E-state index in [1.807, 2.05) is 0 Å². The number of rotatable bonds is 5. The van der Waals surface area contributed by atoms with Gasteiger partial charge in [0.1, 0.15) is 0 Å². The van der Waals surface area contributed by atoms with Crippen molar-refractivity contribution >= 4 is 6.03 Å². The molecule has 100 valence electrons. The molecule has 0 radical (unpaired) electrons. The molecule has 0 aliphatic rings. The van der Waals surface area contributed by atoms with Crippen LogP contribution >= 0.6 is 0 Å². The molecule has 0 aromatic heterocycles. The third kappa shape index (κ3) is 4.75. The number of carbonyl (C=O) groups is 1. The molecule has 0 saturated carbocycles. The van der Waals surface area contributed by atoms with Gasteiger partial charge in [0.05, 0.1) is 0 Å². The van der Waals surface area contributed by atoms with Crippen molar-refractivity contribution in [3.63, 3.8) is 0 Å². The van der Waals surface area contributed by atoms with Crippen LogP contribution in [0.3, 0.4) is 0 Å². The standard InChI is InChI=1S/C14H23N3O/c1-11-5-6-13(12(2)9-11)10-15-7-8-16-14(18)17(3)4/h5-6,9,15H,7-8,10H2,1-4H3,(H,16,18). The number of nitrogens with zero attached hydrogens (tertiary/aromatic N) is 1. The summed E-state index contributed by atoms with van der Waals surface area (Å²) in [5, 5.41) is 6.14. The van der Waals surface area contributed by atoms with Crippen molar-refractivity contribution in [1.29, 1.82) is 0 Å². The van der Waals surface area contributed by atoms with E-state index < -0.39 is 0 Å². The summed E-state index contributed by atoms with van der Waals surface area (Å²) < 4.78 is 0. The maximum absolute atomic E-state index is 11.3. The van der Waals surface area contributed by atoms with E-state index in [0.717, 1.165) is 13.1 Å². The van der Waals surface area contributed by atoms with Crippen LogP contribution in [-0.4, -0.2) is 38.1 Å². The largest absolute Gasteiger partial charge is 0.337 e. The highest BCUT2D eigenvalue weighted by molar-refractivity contribution is 5.73. The minimum absolute atomic E-state index is 0.0525. The number of benzene rings is 1. The molecule has 2 N–H and O–H groups in total. The Morgan fingerprint density at radius 1 is 1.22 bits per heavy atom. The minimum Gasteiger partial charge on any atom is -0.337 e. The van der Waals surface area contributed by atoms with Gasteiger partial charge >= 0.3 is 6.03 Å². The van der Waals surface area contributed by atoms with E-state index >= 15 is 0 Å². The molecule has 0 heterocycles. The quantitative estimate of drug-likeness (QED) is 0.780. The average Bonchev–Trinajstić information content (AvgIpc) is 2.30. The Morgan fingerprint density at radius 2 is 1.94 bits per heavy atom. The zero-order valence-electron chi connectivity index (χ0n) is 11.7. The Labute approximate surface area is 109 Å². The summed E-state index contributed by atoms with van der Waals surface area (Å²) >= 11 is 0. The number of urea groups is 1. The third-order valence-electron chi connectivity index (χ3n) is 2.80. The number of amides is 2. The summed E-state index contributed by atoms with van der Waals surface area (Å²) in [5.41, 5.74) is 3.90. The first-order chi connectivity index (χ1) is 8.50. The molecule has 1 aromatic carbocycles. The van der Waals surface area contributed by atoms with Gasteiger partial charge in [-0.15, -0.1) is 0 Å². The Morgan fingerprint density at radius 3 is 2.56 bits per heavy atom. The molecule has 4 nitrogen and oxygen atoms in total. The van der Waals surface area contributed by atoms with E-state index in [4.69, 9.17) is 0 Å². The Bertz CT molecular complexity index is 402. The SMILES string of the molecule is Cc1ccc(CNCCNC(=O)N(C)C)c(C)c1. The number of carbonyl (C=O) groups excluding carboxylic acids is 1. The summed E-state index contributed by atoms with van der Waals surface area (Å²) in [6, 6.07) is 6.40. The lowest BCUT2D eigenvalue weighted by Crippen LogP contribution is -2.38. The molecule has 0 aliphatic heterocycles. The smallest absolute Gasteiger partial charge is 0.316 e. The van der Waals surface area contributed by atoms with Crippen molar-refractivity contribution in [2.45, 2.75) is 20.4 Å². The van der Waals surface area contributed by atoms with Gasteiger partial charge in [0, 0.05) is 33.7 Å². The van der Waals surface area contributed by atoms with Gasteiger partial charge in [-0.2, -0.15) is 0 Å². The first kappa shape index (κ1) is 14.5. The molecule has 0 bridgehead atoms. The van der Waals surface area contributed by atoms with Crippen molar-refractivity contribution in [1.82, 2.24) is 15.5 Å². The predicted molar refractivity (Wildman–Crippen MR) is 74.7 cm³/mol. The molecule has 2 amide bonds. The van der Waals surface area contributed by atoms with E-state index in [0.29, 0.717) is 6.54 Å². The Balaban J connectivity index is 2.24. The van der Waals surface area contributed by atoms with Crippen LogP contribution in [-0.2, 0) is 6.54 Å². The van der Waals surface area contributed by atoms with Crippen molar-refractivity contribution in [3.05, 3.63) is 34.9 Å². The molecule has 0 spiro atoms. The molecule has 18 heavy (non-hydrogen) atoms. The lowest BCUT2D eigenvalue weighted by molar-refractivity contribution is 0.217. The maximum Gasteiger partial charge on any atom is 0.316 e. The van der Waals surface area contributed by atoms with Crippen LogP contribution in [0.2, 0.25) is 0 Å². The van der Waals surface area contributed by atoms with E-state index in [1.165, 1.54) is 21.6 Å². The second kappa shape index (κ2) is 7.01. The maximum atomic E-state index is 11.3. The number of aryl methyl sites for hydroxylation is 2. The van der Waals surface area contributed by atoms with Gasteiger partial charge in [-0.3, -0.25) is 0 Å². The Hall–Kier alpha value is -1.55. The number of hydrogen-bond acceptors (Lipinski definition) is 2. The first-order valence-electron chi connectivity index (χ1n) is 6.22. The van der Waals surface area contributed by atoms with E-state index in [-0.39, 0.29) is 6.03 Å². The molecule has 0 saturated heterocycles. The molecule has 0 atom stereocenters. The third-order valence-corrected chi connectivity index (χ3v) is 2.80. The topological polar surface area (TPSA) is 44.4 Å². The van der Waals surface area contributed by atoms with Gasteiger partial charge in [-0.25, -0.2) is 4.79 Å².